The normalized spacial score (nSPS) is 12.2. The van der Waals surface area contributed by atoms with Crippen molar-refractivity contribution in [3.63, 3.8) is 0 Å². The van der Waals surface area contributed by atoms with Crippen molar-refractivity contribution in [2.45, 2.75) is 26.9 Å². The van der Waals surface area contributed by atoms with Crippen molar-refractivity contribution in [1.29, 1.82) is 0 Å². The number of nitrogens with zero attached hydrogens (tertiary/aromatic N) is 5. The number of hydrogen-bond acceptors (Lipinski definition) is 7. The molecule has 0 amide bonds. The minimum absolute atomic E-state index is 0.0796. The first kappa shape index (κ1) is 27.2. The SMILES string of the molecule is COc1ccc(/C=C/c2nc3s/c(=C\c4cn(-c5ccccc5)nc4-c4ccc(OC(C)C)c(C)c4)c(=O)n3n2)cc1. The van der Waals surface area contributed by atoms with E-state index in [4.69, 9.17) is 14.6 Å². The van der Waals surface area contributed by atoms with Crippen LogP contribution in [0.25, 0.3) is 40.1 Å². The molecule has 0 aliphatic heterocycles. The Bertz CT molecular complexity index is 2000. The lowest BCUT2D eigenvalue weighted by Crippen LogP contribution is -2.23. The van der Waals surface area contributed by atoms with Gasteiger partial charge in [0.2, 0.25) is 4.96 Å². The van der Waals surface area contributed by atoms with E-state index >= 15 is 0 Å². The third kappa shape index (κ3) is 5.59. The molecule has 6 rings (SSSR count). The largest absolute Gasteiger partial charge is 0.497 e. The Labute approximate surface area is 246 Å². The van der Waals surface area contributed by atoms with Gasteiger partial charge in [-0.25, -0.2) is 4.68 Å². The lowest BCUT2D eigenvalue weighted by molar-refractivity contribution is 0.241. The Balaban J connectivity index is 1.38. The zero-order valence-corrected chi connectivity index (χ0v) is 24.5. The summed E-state index contributed by atoms with van der Waals surface area (Å²) < 4.78 is 14.9. The molecule has 0 bridgehead atoms. The summed E-state index contributed by atoms with van der Waals surface area (Å²) in [4.78, 5) is 18.5. The van der Waals surface area contributed by atoms with E-state index in [1.165, 1.54) is 15.9 Å². The van der Waals surface area contributed by atoms with Crippen molar-refractivity contribution in [2.75, 3.05) is 7.11 Å². The summed E-state index contributed by atoms with van der Waals surface area (Å²) >= 11 is 1.30. The van der Waals surface area contributed by atoms with E-state index in [0.717, 1.165) is 45.1 Å². The number of aryl methyl sites for hydroxylation is 1. The molecule has 9 heteroatoms. The Hall–Kier alpha value is -5.02. The minimum Gasteiger partial charge on any atom is -0.497 e. The molecule has 0 spiro atoms. The zero-order chi connectivity index (χ0) is 29.2. The second kappa shape index (κ2) is 11.5. The van der Waals surface area contributed by atoms with E-state index in [1.54, 1.807) is 13.2 Å². The van der Waals surface area contributed by atoms with Crippen LogP contribution in [0.5, 0.6) is 11.5 Å². The summed E-state index contributed by atoms with van der Waals surface area (Å²) in [5.41, 5.74) is 5.21. The maximum atomic E-state index is 13.4. The summed E-state index contributed by atoms with van der Waals surface area (Å²) in [6.07, 6.45) is 7.58. The Kier molecular flexibility index (Phi) is 7.41. The molecule has 8 nitrogen and oxygen atoms in total. The molecule has 0 aliphatic carbocycles. The highest BCUT2D eigenvalue weighted by Crippen LogP contribution is 2.29. The molecular weight excluding hydrogens is 546 g/mol. The van der Waals surface area contributed by atoms with Crippen LogP contribution in [-0.4, -0.2) is 37.6 Å². The summed E-state index contributed by atoms with van der Waals surface area (Å²) in [7, 11) is 1.64. The number of methoxy groups -OCH3 is 1. The van der Waals surface area contributed by atoms with Crippen LogP contribution in [0.4, 0.5) is 0 Å². The van der Waals surface area contributed by atoms with Gasteiger partial charge in [0.25, 0.3) is 5.56 Å². The van der Waals surface area contributed by atoms with Gasteiger partial charge in [0.1, 0.15) is 17.2 Å². The Morgan fingerprint density at radius 2 is 1.74 bits per heavy atom. The first-order chi connectivity index (χ1) is 20.4. The van der Waals surface area contributed by atoms with Gasteiger partial charge >= 0.3 is 0 Å². The monoisotopic (exact) mass is 575 g/mol. The standard InChI is InChI=1S/C33H29N5O3S/c1-21(2)41-28-16-13-24(18-22(28)3)31-25(20-37(36-31)26-8-6-5-7-9-26)19-29-32(39)38-33(42-29)34-30(35-38)17-12-23-10-14-27(40-4)15-11-23/h5-21H,1-4H3/b17-12+,29-19-. The van der Waals surface area contributed by atoms with E-state index in [0.29, 0.717) is 15.3 Å². The highest BCUT2D eigenvalue weighted by Gasteiger charge is 2.15. The average Bonchev–Trinajstić information content (AvgIpc) is 3.68. The van der Waals surface area contributed by atoms with E-state index < -0.39 is 0 Å². The second-order valence-corrected chi connectivity index (χ2v) is 11.1. The molecule has 3 aromatic carbocycles. The van der Waals surface area contributed by atoms with E-state index in [-0.39, 0.29) is 11.7 Å². The van der Waals surface area contributed by atoms with Crippen molar-refractivity contribution in [2.24, 2.45) is 0 Å². The molecule has 3 aromatic heterocycles. The zero-order valence-electron chi connectivity index (χ0n) is 23.7. The molecule has 42 heavy (non-hydrogen) atoms. The van der Waals surface area contributed by atoms with Gasteiger partial charge < -0.3 is 9.47 Å². The van der Waals surface area contributed by atoms with Gasteiger partial charge in [0.05, 0.1) is 23.4 Å². The number of ether oxygens (including phenoxy) is 2. The van der Waals surface area contributed by atoms with Crippen LogP contribution in [0.1, 0.15) is 36.4 Å². The maximum Gasteiger partial charge on any atom is 0.291 e. The van der Waals surface area contributed by atoms with Crippen molar-refractivity contribution < 1.29 is 9.47 Å². The molecule has 0 saturated carbocycles. The van der Waals surface area contributed by atoms with Crippen molar-refractivity contribution >= 4 is 34.5 Å². The van der Waals surface area contributed by atoms with Crippen LogP contribution in [0, 0.1) is 6.92 Å². The molecule has 6 aromatic rings. The van der Waals surface area contributed by atoms with Gasteiger partial charge in [0, 0.05) is 17.3 Å². The molecule has 3 heterocycles. The number of rotatable bonds is 8. The fraction of sp³-hybridized carbons (Fsp3) is 0.152. The average molecular weight is 576 g/mol. The number of fused-ring (bicyclic) bond motifs is 1. The van der Waals surface area contributed by atoms with Crippen LogP contribution >= 0.6 is 11.3 Å². The first-order valence-electron chi connectivity index (χ1n) is 13.5. The van der Waals surface area contributed by atoms with E-state index in [9.17, 15) is 4.79 Å². The topological polar surface area (TPSA) is 83.5 Å². The molecule has 0 aliphatic rings. The third-order valence-electron chi connectivity index (χ3n) is 6.60. The molecule has 0 atom stereocenters. The predicted molar refractivity (Wildman–Crippen MR) is 167 cm³/mol. The molecule has 210 valence electrons. The minimum atomic E-state index is -0.220. The molecule has 0 N–H and O–H groups in total. The fourth-order valence-electron chi connectivity index (χ4n) is 4.56. The predicted octanol–water partition coefficient (Wildman–Crippen LogP) is 5.83. The van der Waals surface area contributed by atoms with Crippen molar-refractivity contribution in [1.82, 2.24) is 24.4 Å². The van der Waals surface area contributed by atoms with Gasteiger partial charge in [-0.05, 0) is 86.5 Å². The van der Waals surface area contributed by atoms with E-state index in [2.05, 4.69) is 16.1 Å². The van der Waals surface area contributed by atoms with Crippen molar-refractivity contribution in [3.8, 4) is 28.4 Å². The molecular formula is C33H29N5O3S. The summed E-state index contributed by atoms with van der Waals surface area (Å²) in [5.74, 6) is 2.10. The van der Waals surface area contributed by atoms with Gasteiger partial charge in [-0.3, -0.25) is 4.79 Å². The maximum absolute atomic E-state index is 13.4. The number of para-hydroxylation sites is 1. The number of benzene rings is 3. The quantitative estimate of drug-likeness (QED) is 0.227. The Morgan fingerprint density at radius 3 is 2.43 bits per heavy atom. The Morgan fingerprint density at radius 1 is 0.952 bits per heavy atom. The third-order valence-corrected chi connectivity index (χ3v) is 7.56. The fourth-order valence-corrected chi connectivity index (χ4v) is 5.47. The van der Waals surface area contributed by atoms with E-state index in [1.807, 2.05) is 111 Å². The number of aromatic nitrogens is 5. The van der Waals surface area contributed by atoms with Crippen LogP contribution in [0.15, 0.2) is 83.8 Å². The van der Waals surface area contributed by atoms with Crippen LogP contribution in [-0.2, 0) is 0 Å². The number of thiazole rings is 1. The second-order valence-electron chi connectivity index (χ2n) is 10.0. The molecule has 0 radical (unpaired) electrons. The molecule has 0 fully saturated rings. The molecule has 0 unspecified atom stereocenters. The lowest BCUT2D eigenvalue weighted by Gasteiger charge is -2.13. The molecule has 0 saturated heterocycles. The highest BCUT2D eigenvalue weighted by molar-refractivity contribution is 7.15. The summed E-state index contributed by atoms with van der Waals surface area (Å²) in [5, 5.41) is 9.36. The van der Waals surface area contributed by atoms with Crippen LogP contribution in [0.3, 0.4) is 0 Å². The van der Waals surface area contributed by atoms with Crippen molar-refractivity contribution in [3.05, 3.63) is 116 Å². The van der Waals surface area contributed by atoms with Gasteiger partial charge in [0.15, 0.2) is 5.82 Å². The number of hydrogen-bond donors (Lipinski definition) is 0. The summed E-state index contributed by atoms with van der Waals surface area (Å²) in [6.45, 7) is 6.04. The lowest BCUT2D eigenvalue weighted by atomic mass is 10.0. The summed E-state index contributed by atoms with van der Waals surface area (Å²) in [6, 6.07) is 23.6. The van der Waals surface area contributed by atoms with Gasteiger partial charge in [-0.2, -0.15) is 14.6 Å². The van der Waals surface area contributed by atoms with Crippen LogP contribution in [0.2, 0.25) is 0 Å². The first-order valence-corrected chi connectivity index (χ1v) is 14.4. The van der Waals surface area contributed by atoms with Crippen LogP contribution < -0.4 is 19.6 Å². The van der Waals surface area contributed by atoms with Gasteiger partial charge in [-0.1, -0.05) is 47.7 Å². The van der Waals surface area contributed by atoms with Gasteiger partial charge in [-0.15, -0.1) is 5.10 Å². The smallest absolute Gasteiger partial charge is 0.291 e. The highest BCUT2D eigenvalue weighted by atomic mass is 32.1.